The monoisotopic (exact) mass is 453 g/mol. The van der Waals surface area contributed by atoms with Gasteiger partial charge in [0, 0.05) is 23.1 Å². The number of rotatable bonds is 4. The summed E-state index contributed by atoms with van der Waals surface area (Å²) in [5, 5.41) is 5.15. The van der Waals surface area contributed by atoms with E-state index in [2.05, 4.69) is 15.6 Å². The standard InChI is InChI=1S/C20H12Cl2F3N3O2/c21-16-8-12(10-26-17(16)22)19(30)27-14-5-1-3-11(7-14)18(29)28-15-6-2-4-13(9-15)20(23,24)25/h1-10H,(H,27,30)(H,28,29). The molecule has 2 N–H and O–H groups in total. The number of carbonyl (C=O) groups is 2. The summed E-state index contributed by atoms with van der Waals surface area (Å²) in [6.07, 6.45) is -3.28. The highest BCUT2D eigenvalue weighted by atomic mass is 35.5. The molecule has 0 aliphatic rings. The normalized spacial score (nSPS) is 11.1. The summed E-state index contributed by atoms with van der Waals surface area (Å²) in [4.78, 5) is 28.5. The van der Waals surface area contributed by atoms with Gasteiger partial charge >= 0.3 is 6.18 Å². The maximum atomic E-state index is 12.8. The zero-order valence-corrected chi connectivity index (χ0v) is 16.4. The van der Waals surface area contributed by atoms with Crippen molar-refractivity contribution in [1.82, 2.24) is 4.98 Å². The smallest absolute Gasteiger partial charge is 0.322 e. The molecule has 0 fully saturated rings. The van der Waals surface area contributed by atoms with Crippen LogP contribution in [0.2, 0.25) is 10.2 Å². The zero-order chi connectivity index (χ0) is 21.9. The van der Waals surface area contributed by atoms with Crippen molar-refractivity contribution in [3.8, 4) is 0 Å². The number of aromatic nitrogens is 1. The summed E-state index contributed by atoms with van der Waals surface area (Å²) in [7, 11) is 0. The first-order chi connectivity index (χ1) is 14.1. The van der Waals surface area contributed by atoms with Crippen molar-refractivity contribution in [2.75, 3.05) is 10.6 Å². The van der Waals surface area contributed by atoms with Gasteiger partial charge in [-0.15, -0.1) is 0 Å². The molecular formula is C20H12Cl2F3N3O2. The average Bonchev–Trinajstić information content (AvgIpc) is 2.69. The van der Waals surface area contributed by atoms with E-state index in [0.717, 1.165) is 12.1 Å². The molecule has 0 radical (unpaired) electrons. The van der Waals surface area contributed by atoms with Gasteiger partial charge in [-0.3, -0.25) is 9.59 Å². The van der Waals surface area contributed by atoms with E-state index in [1.807, 2.05) is 0 Å². The minimum absolute atomic E-state index is 0.00820. The Labute approximate surface area is 178 Å². The van der Waals surface area contributed by atoms with E-state index in [1.54, 1.807) is 6.07 Å². The number of carbonyl (C=O) groups excluding carboxylic acids is 2. The van der Waals surface area contributed by atoms with E-state index in [1.165, 1.54) is 42.6 Å². The van der Waals surface area contributed by atoms with E-state index < -0.39 is 23.6 Å². The summed E-state index contributed by atoms with van der Waals surface area (Å²) in [6, 6.07) is 11.5. The molecule has 0 saturated heterocycles. The summed E-state index contributed by atoms with van der Waals surface area (Å²) < 4.78 is 38.5. The highest BCUT2D eigenvalue weighted by Crippen LogP contribution is 2.30. The zero-order valence-electron chi connectivity index (χ0n) is 14.9. The van der Waals surface area contributed by atoms with E-state index in [-0.39, 0.29) is 27.0 Å². The summed E-state index contributed by atoms with van der Waals surface area (Å²) in [5.41, 5.74) is -0.300. The number of pyridine rings is 1. The van der Waals surface area contributed by atoms with Gasteiger partial charge in [-0.25, -0.2) is 4.98 Å². The molecule has 2 aromatic carbocycles. The van der Waals surface area contributed by atoms with Gasteiger partial charge in [0.05, 0.1) is 16.1 Å². The number of benzene rings is 2. The summed E-state index contributed by atoms with van der Waals surface area (Å²) in [5.74, 6) is -1.17. The Hall–Kier alpha value is -3.10. The van der Waals surface area contributed by atoms with Crippen LogP contribution < -0.4 is 10.6 Å². The van der Waals surface area contributed by atoms with Gasteiger partial charge < -0.3 is 10.6 Å². The Bertz CT molecular complexity index is 1120. The highest BCUT2D eigenvalue weighted by molar-refractivity contribution is 6.41. The lowest BCUT2D eigenvalue weighted by Crippen LogP contribution is -2.15. The van der Waals surface area contributed by atoms with Crippen molar-refractivity contribution in [3.63, 3.8) is 0 Å². The first-order valence-corrected chi connectivity index (χ1v) is 9.10. The Morgan fingerprint density at radius 3 is 2.07 bits per heavy atom. The second-order valence-electron chi connectivity index (χ2n) is 6.06. The van der Waals surface area contributed by atoms with Crippen LogP contribution in [0.3, 0.4) is 0 Å². The van der Waals surface area contributed by atoms with Crippen molar-refractivity contribution >= 4 is 46.4 Å². The van der Waals surface area contributed by atoms with Crippen molar-refractivity contribution in [2.24, 2.45) is 0 Å². The van der Waals surface area contributed by atoms with Gasteiger partial charge in [-0.1, -0.05) is 35.3 Å². The van der Waals surface area contributed by atoms with Crippen LogP contribution in [0, 0.1) is 0 Å². The molecule has 0 aliphatic heterocycles. The first-order valence-electron chi connectivity index (χ1n) is 8.34. The van der Waals surface area contributed by atoms with E-state index in [9.17, 15) is 22.8 Å². The van der Waals surface area contributed by atoms with Crippen LogP contribution >= 0.6 is 23.2 Å². The molecule has 0 bridgehead atoms. The van der Waals surface area contributed by atoms with Crippen LogP contribution in [0.25, 0.3) is 0 Å². The van der Waals surface area contributed by atoms with Crippen molar-refractivity contribution < 1.29 is 22.8 Å². The summed E-state index contributed by atoms with van der Waals surface area (Å²) in [6.45, 7) is 0. The maximum Gasteiger partial charge on any atom is 0.416 e. The van der Waals surface area contributed by atoms with Gasteiger partial charge in [0.15, 0.2) is 0 Å². The van der Waals surface area contributed by atoms with Crippen LogP contribution in [0.1, 0.15) is 26.3 Å². The Balaban J connectivity index is 1.74. The number of amides is 2. The third-order valence-electron chi connectivity index (χ3n) is 3.89. The first kappa shape index (κ1) is 21.6. The fourth-order valence-electron chi connectivity index (χ4n) is 2.46. The molecule has 1 heterocycles. The minimum Gasteiger partial charge on any atom is -0.322 e. The lowest BCUT2D eigenvalue weighted by Gasteiger charge is -2.11. The molecule has 5 nitrogen and oxygen atoms in total. The predicted molar refractivity (Wildman–Crippen MR) is 108 cm³/mol. The number of halogens is 5. The molecule has 0 aliphatic carbocycles. The van der Waals surface area contributed by atoms with E-state index in [4.69, 9.17) is 23.2 Å². The number of alkyl halides is 3. The van der Waals surface area contributed by atoms with Crippen molar-refractivity contribution in [2.45, 2.75) is 6.18 Å². The van der Waals surface area contributed by atoms with Gasteiger partial charge in [-0.2, -0.15) is 13.2 Å². The van der Waals surface area contributed by atoms with Crippen LogP contribution in [0.15, 0.2) is 60.8 Å². The van der Waals surface area contributed by atoms with Crippen LogP contribution in [0.4, 0.5) is 24.5 Å². The molecule has 3 rings (SSSR count). The topological polar surface area (TPSA) is 71.1 Å². The Morgan fingerprint density at radius 2 is 1.43 bits per heavy atom. The Morgan fingerprint density at radius 1 is 0.833 bits per heavy atom. The van der Waals surface area contributed by atoms with Gasteiger partial charge in [0.1, 0.15) is 5.15 Å². The molecule has 0 spiro atoms. The molecule has 0 unspecified atom stereocenters. The highest BCUT2D eigenvalue weighted by Gasteiger charge is 2.30. The number of hydrogen-bond acceptors (Lipinski definition) is 3. The van der Waals surface area contributed by atoms with Gasteiger partial charge in [0.25, 0.3) is 11.8 Å². The predicted octanol–water partition coefficient (Wildman–Crippen LogP) is 5.91. The fraction of sp³-hybridized carbons (Fsp3) is 0.0500. The molecular weight excluding hydrogens is 442 g/mol. The van der Waals surface area contributed by atoms with E-state index >= 15 is 0 Å². The second-order valence-corrected chi connectivity index (χ2v) is 6.83. The molecule has 10 heteroatoms. The lowest BCUT2D eigenvalue weighted by molar-refractivity contribution is -0.137. The van der Waals surface area contributed by atoms with Crippen LogP contribution in [-0.2, 0) is 6.18 Å². The molecule has 0 saturated carbocycles. The number of nitrogens with zero attached hydrogens (tertiary/aromatic N) is 1. The number of hydrogen-bond donors (Lipinski definition) is 2. The van der Waals surface area contributed by atoms with E-state index in [0.29, 0.717) is 5.69 Å². The molecule has 3 aromatic rings. The third-order valence-corrected chi connectivity index (χ3v) is 4.57. The SMILES string of the molecule is O=C(Nc1cccc(C(F)(F)F)c1)c1cccc(NC(=O)c2cnc(Cl)c(Cl)c2)c1. The van der Waals surface area contributed by atoms with Crippen molar-refractivity contribution in [1.29, 1.82) is 0 Å². The van der Waals surface area contributed by atoms with Gasteiger partial charge in [0.2, 0.25) is 0 Å². The quantitative estimate of drug-likeness (QED) is 0.482. The summed E-state index contributed by atoms with van der Waals surface area (Å²) >= 11 is 11.6. The van der Waals surface area contributed by atoms with Crippen LogP contribution in [-0.4, -0.2) is 16.8 Å². The minimum atomic E-state index is -4.52. The lowest BCUT2D eigenvalue weighted by atomic mass is 10.1. The largest absolute Gasteiger partial charge is 0.416 e. The maximum absolute atomic E-state index is 12.8. The second kappa shape index (κ2) is 8.73. The molecule has 154 valence electrons. The fourth-order valence-corrected chi connectivity index (χ4v) is 2.73. The van der Waals surface area contributed by atoms with Gasteiger partial charge in [-0.05, 0) is 42.5 Å². The number of anilines is 2. The average molecular weight is 454 g/mol. The van der Waals surface area contributed by atoms with Crippen molar-refractivity contribution in [3.05, 3.63) is 87.7 Å². The third kappa shape index (κ3) is 5.28. The Kier molecular flexibility index (Phi) is 6.28. The number of nitrogens with one attached hydrogen (secondary N) is 2. The van der Waals surface area contributed by atoms with Crippen LogP contribution in [0.5, 0.6) is 0 Å². The molecule has 1 aromatic heterocycles. The molecule has 0 atom stereocenters. The molecule has 2 amide bonds. The molecule has 30 heavy (non-hydrogen) atoms.